The van der Waals surface area contributed by atoms with E-state index in [0.717, 1.165) is 3.79 Å². The number of halogens is 2. The molecule has 1 rings (SSSR count). The van der Waals surface area contributed by atoms with Crippen molar-refractivity contribution in [2.45, 2.75) is 18.7 Å². The van der Waals surface area contributed by atoms with Crippen LogP contribution in [-0.4, -0.2) is 26.7 Å². The van der Waals surface area contributed by atoms with Gasteiger partial charge in [0.2, 0.25) is 10.0 Å². The Morgan fingerprint density at radius 2 is 2.06 bits per heavy atom. The topological polar surface area (TPSA) is 66.4 Å². The fourth-order valence-electron chi connectivity index (χ4n) is 0.932. The van der Waals surface area contributed by atoms with E-state index in [0.29, 0.717) is 3.79 Å². The summed E-state index contributed by atoms with van der Waals surface area (Å²) in [5, 5.41) is 9.07. The highest BCUT2D eigenvalue weighted by Gasteiger charge is 2.24. The molecule has 0 spiro atoms. The predicted octanol–water partition coefficient (Wildman–Crippen LogP) is 2.57. The first kappa shape index (κ1) is 15.6. The molecule has 4 nitrogen and oxygen atoms in total. The second kappa shape index (κ2) is 5.66. The van der Waals surface area contributed by atoms with Crippen LogP contribution < -0.4 is 4.72 Å². The average molecular weight is 407 g/mol. The highest BCUT2D eigenvalue weighted by atomic mass is 79.9. The molecular weight excluding hydrogens is 394 g/mol. The van der Waals surface area contributed by atoms with E-state index in [1.165, 1.54) is 11.3 Å². The minimum atomic E-state index is -3.54. The van der Waals surface area contributed by atoms with Gasteiger partial charge < -0.3 is 5.11 Å². The Kier molecular flexibility index (Phi) is 5.19. The largest absolute Gasteiger partial charge is 0.396 e. The summed E-state index contributed by atoms with van der Waals surface area (Å²) in [6.07, 6.45) is 0. The molecule has 0 atom stereocenters. The summed E-state index contributed by atoms with van der Waals surface area (Å²) in [6.45, 7) is 3.68. The number of nitrogens with one attached hydrogen (secondary N) is 1. The second-order valence-corrected chi connectivity index (χ2v) is 9.82. The summed E-state index contributed by atoms with van der Waals surface area (Å²) in [6, 6.07) is 1.54. The van der Waals surface area contributed by atoms with Crippen LogP contribution in [-0.2, 0) is 10.0 Å². The molecule has 0 saturated heterocycles. The van der Waals surface area contributed by atoms with Gasteiger partial charge in [0, 0.05) is 18.6 Å². The lowest BCUT2D eigenvalue weighted by Crippen LogP contribution is -2.36. The van der Waals surface area contributed by atoms with Gasteiger partial charge in [-0.2, -0.15) is 0 Å². The molecule has 8 heteroatoms. The van der Waals surface area contributed by atoms with Gasteiger partial charge in [-0.3, -0.25) is 0 Å². The molecule has 17 heavy (non-hydrogen) atoms. The van der Waals surface area contributed by atoms with Crippen molar-refractivity contribution in [3.63, 3.8) is 0 Å². The van der Waals surface area contributed by atoms with Crippen molar-refractivity contribution in [1.29, 1.82) is 0 Å². The van der Waals surface area contributed by atoms with Gasteiger partial charge in [0.1, 0.15) is 4.90 Å². The number of thiophene rings is 1. The maximum atomic E-state index is 12.0. The first-order valence-corrected chi connectivity index (χ1v) is 8.62. The third-order valence-electron chi connectivity index (χ3n) is 2.08. The SMILES string of the molecule is CC(C)(CO)CNS(=O)(=O)c1cc(Br)sc1Br. The number of hydrogen-bond donors (Lipinski definition) is 2. The quantitative estimate of drug-likeness (QED) is 0.789. The van der Waals surface area contributed by atoms with Crippen LogP contribution >= 0.6 is 43.2 Å². The van der Waals surface area contributed by atoms with Crippen molar-refractivity contribution in [2.75, 3.05) is 13.2 Å². The molecule has 0 aliphatic rings. The van der Waals surface area contributed by atoms with Gasteiger partial charge in [-0.05, 0) is 37.9 Å². The van der Waals surface area contributed by atoms with Crippen LogP contribution in [0.15, 0.2) is 18.5 Å². The van der Waals surface area contributed by atoms with Gasteiger partial charge in [0.25, 0.3) is 0 Å². The zero-order valence-electron chi connectivity index (χ0n) is 9.33. The van der Waals surface area contributed by atoms with Gasteiger partial charge >= 0.3 is 0 Å². The van der Waals surface area contributed by atoms with E-state index in [1.807, 2.05) is 0 Å². The van der Waals surface area contributed by atoms with Crippen LogP contribution in [0, 0.1) is 5.41 Å². The Morgan fingerprint density at radius 1 is 1.47 bits per heavy atom. The van der Waals surface area contributed by atoms with E-state index in [9.17, 15) is 8.42 Å². The lowest BCUT2D eigenvalue weighted by molar-refractivity contribution is 0.163. The van der Waals surface area contributed by atoms with Crippen molar-refractivity contribution in [3.05, 3.63) is 13.6 Å². The molecule has 1 aromatic heterocycles. The van der Waals surface area contributed by atoms with E-state index in [4.69, 9.17) is 5.11 Å². The van der Waals surface area contributed by atoms with Crippen molar-refractivity contribution in [1.82, 2.24) is 4.72 Å². The van der Waals surface area contributed by atoms with Gasteiger partial charge in [0.05, 0.1) is 7.57 Å². The maximum absolute atomic E-state index is 12.0. The molecule has 0 saturated carbocycles. The lowest BCUT2D eigenvalue weighted by atomic mass is 9.96. The van der Waals surface area contributed by atoms with Crippen LogP contribution in [0.5, 0.6) is 0 Å². The lowest BCUT2D eigenvalue weighted by Gasteiger charge is -2.21. The molecule has 1 heterocycles. The third kappa shape index (κ3) is 4.29. The minimum absolute atomic E-state index is 0.0793. The first-order valence-electron chi connectivity index (χ1n) is 4.73. The fraction of sp³-hybridized carbons (Fsp3) is 0.556. The molecule has 0 bridgehead atoms. The number of aliphatic hydroxyl groups is 1. The molecule has 98 valence electrons. The van der Waals surface area contributed by atoms with Crippen LogP contribution in [0.3, 0.4) is 0 Å². The smallest absolute Gasteiger partial charge is 0.242 e. The van der Waals surface area contributed by atoms with Crippen molar-refractivity contribution >= 4 is 53.2 Å². The standard InChI is InChI=1S/C9H13Br2NO3S2/c1-9(2,5-13)4-12-17(14,15)6-3-7(10)16-8(6)11/h3,12-13H,4-5H2,1-2H3. The predicted molar refractivity (Wildman–Crippen MR) is 75.8 cm³/mol. The first-order chi connectivity index (χ1) is 7.68. The Bertz CT molecular complexity index is 496. The number of aliphatic hydroxyl groups excluding tert-OH is 1. The number of hydrogen-bond acceptors (Lipinski definition) is 4. The molecule has 0 fully saturated rings. The van der Waals surface area contributed by atoms with Gasteiger partial charge in [0.15, 0.2) is 0 Å². The van der Waals surface area contributed by atoms with Crippen molar-refractivity contribution in [2.24, 2.45) is 5.41 Å². The van der Waals surface area contributed by atoms with E-state index in [1.54, 1.807) is 19.9 Å². The summed E-state index contributed by atoms with van der Waals surface area (Å²) in [7, 11) is -3.54. The molecule has 0 aromatic carbocycles. The molecule has 1 aromatic rings. The van der Waals surface area contributed by atoms with E-state index in [2.05, 4.69) is 36.6 Å². The van der Waals surface area contributed by atoms with E-state index >= 15 is 0 Å². The Morgan fingerprint density at radius 3 is 2.47 bits per heavy atom. The molecule has 0 aliphatic heterocycles. The Labute approximate surface area is 122 Å². The second-order valence-electron chi connectivity index (χ2n) is 4.34. The third-order valence-corrected chi connectivity index (χ3v) is 6.24. The average Bonchev–Trinajstić information content (AvgIpc) is 2.56. The zero-order chi connectivity index (χ0) is 13.3. The summed E-state index contributed by atoms with van der Waals surface area (Å²) in [5.41, 5.74) is -0.479. The summed E-state index contributed by atoms with van der Waals surface area (Å²) < 4.78 is 27.8. The van der Waals surface area contributed by atoms with Crippen molar-refractivity contribution < 1.29 is 13.5 Å². The molecule has 0 unspecified atom stereocenters. The van der Waals surface area contributed by atoms with Crippen LogP contribution in [0.2, 0.25) is 0 Å². The van der Waals surface area contributed by atoms with Crippen LogP contribution in [0.4, 0.5) is 0 Å². The van der Waals surface area contributed by atoms with Gasteiger partial charge in [-0.15, -0.1) is 11.3 Å². The molecule has 0 radical (unpaired) electrons. The minimum Gasteiger partial charge on any atom is -0.396 e. The highest BCUT2D eigenvalue weighted by molar-refractivity contribution is 9.12. The molecule has 0 amide bonds. The monoisotopic (exact) mass is 405 g/mol. The van der Waals surface area contributed by atoms with Gasteiger partial charge in [-0.25, -0.2) is 13.1 Å². The fourth-order valence-corrected chi connectivity index (χ4v) is 5.98. The summed E-state index contributed by atoms with van der Waals surface area (Å²) in [4.78, 5) is 0.211. The Balaban J connectivity index is 2.87. The maximum Gasteiger partial charge on any atom is 0.242 e. The number of rotatable bonds is 5. The molecule has 0 aliphatic carbocycles. The normalized spacial score (nSPS) is 13.0. The summed E-state index contributed by atoms with van der Waals surface area (Å²) in [5.74, 6) is 0. The highest BCUT2D eigenvalue weighted by Crippen LogP contribution is 2.34. The van der Waals surface area contributed by atoms with Crippen LogP contribution in [0.1, 0.15) is 13.8 Å². The number of sulfonamides is 1. The summed E-state index contributed by atoms with van der Waals surface area (Å²) >= 11 is 7.75. The van der Waals surface area contributed by atoms with E-state index in [-0.39, 0.29) is 18.0 Å². The van der Waals surface area contributed by atoms with Crippen LogP contribution in [0.25, 0.3) is 0 Å². The Hall–Kier alpha value is 0.530. The zero-order valence-corrected chi connectivity index (χ0v) is 14.1. The van der Waals surface area contributed by atoms with Crippen molar-refractivity contribution in [3.8, 4) is 0 Å². The molecular formula is C9H13Br2NO3S2. The van der Waals surface area contributed by atoms with E-state index < -0.39 is 15.4 Å². The molecule has 2 N–H and O–H groups in total. The van der Waals surface area contributed by atoms with Gasteiger partial charge in [-0.1, -0.05) is 13.8 Å².